The lowest BCUT2D eigenvalue weighted by atomic mass is 9.87. The van der Waals surface area contributed by atoms with Gasteiger partial charge in [0.2, 0.25) is 0 Å². The summed E-state index contributed by atoms with van der Waals surface area (Å²) in [5.74, 6) is -0.903. The van der Waals surface area contributed by atoms with Crippen LogP contribution in [0.3, 0.4) is 0 Å². The van der Waals surface area contributed by atoms with Crippen molar-refractivity contribution in [1.82, 2.24) is 5.32 Å². The lowest BCUT2D eigenvalue weighted by Gasteiger charge is -2.32. The maximum absolute atomic E-state index is 13.6. The molecule has 1 amide bonds. The van der Waals surface area contributed by atoms with E-state index < -0.39 is 5.82 Å². The Kier molecular flexibility index (Phi) is 3.25. The quantitative estimate of drug-likeness (QED) is 0.871. The third-order valence-corrected chi connectivity index (χ3v) is 3.32. The summed E-state index contributed by atoms with van der Waals surface area (Å²) in [6.07, 6.45) is 1.53. The molecule has 0 heterocycles. The number of nitrogens with one attached hydrogen (secondary N) is 1. The van der Waals surface area contributed by atoms with E-state index in [0.29, 0.717) is 4.47 Å². The van der Waals surface area contributed by atoms with Gasteiger partial charge < -0.3 is 11.1 Å². The molecular formula is C11H12BrFN2O. The van der Waals surface area contributed by atoms with E-state index >= 15 is 0 Å². The normalized spacial score (nSPS) is 23.7. The molecule has 3 N–H and O–H groups in total. The Balaban J connectivity index is 2.06. The first kappa shape index (κ1) is 11.5. The Morgan fingerprint density at radius 1 is 1.50 bits per heavy atom. The van der Waals surface area contributed by atoms with Crippen molar-refractivity contribution in [1.29, 1.82) is 0 Å². The molecule has 1 aliphatic carbocycles. The van der Waals surface area contributed by atoms with Crippen LogP contribution in [0, 0.1) is 5.82 Å². The fraction of sp³-hybridized carbons (Fsp3) is 0.364. The number of nitrogens with two attached hydrogens (primary N) is 1. The second-order valence-corrected chi connectivity index (χ2v) is 4.86. The van der Waals surface area contributed by atoms with Crippen LogP contribution in [0.4, 0.5) is 4.39 Å². The number of carbonyl (C=O) groups excluding carboxylic acids is 1. The van der Waals surface area contributed by atoms with Gasteiger partial charge in [0.1, 0.15) is 5.82 Å². The minimum absolute atomic E-state index is 0.0647. The summed E-state index contributed by atoms with van der Waals surface area (Å²) in [5, 5.41) is 2.75. The molecule has 2 rings (SSSR count). The molecule has 0 aromatic heterocycles. The van der Waals surface area contributed by atoms with Crippen molar-refractivity contribution in [2.24, 2.45) is 5.73 Å². The largest absolute Gasteiger partial charge is 0.349 e. The van der Waals surface area contributed by atoms with Crippen LogP contribution in [0.1, 0.15) is 23.2 Å². The average Bonchev–Trinajstić information content (AvgIpc) is 2.19. The standard InChI is InChI=1S/C11H12BrFN2O/c12-9-3-1-2-8(10(9)13)11(16)15-7-4-6(14)5-7/h1-3,6-7H,4-5,14H2,(H,15,16). The highest BCUT2D eigenvalue weighted by Gasteiger charge is 2.28. The van der Waals surface area contributed by atoms with Crippen LogP contribution < -0.4 is 11.1 Å². The number of rotatable bonds is 2. The van der Waals surface area contributed by atoms with E-state index in [1.54, 1.807) is 12.1 Å². The van der Waals surface area contributed by atoms with Crippen molar-refractivity contribution in [2.75, 3.05) is 0 Å². The van der Waals surface area contributed by atoms with Crippen LogP contribution in [-0.4, -0.2) is 18.0 Å². The molecule has 1 fully saturated rings. The Hall–Kier alpha value is -0.940. The monoisotopic (exact) mass is 286 g/mol. The molecule has 0 unspecified atom stereocenters. The summed E-state index contributed by atoms with van der Waals surface area (Å²) >= 11 is 3.05. The van der Waals surface area contributed by atoms with E-state index in [1.165, 1.54) is 6.07 Å². The molecule has 0 saturated heterocycles. The highest BCUT2D eigenvalue weighted by atomic mass is 79.9. The summed E-state index contributed by atoms with van der Waals surface area (Å²) in [5.41, 5.74) is 5.67. The zero-order valence-corrected chi connectivity index (χ0v) is 10.1. The third kappa shape index (κ3) is 2.25. The number of hydrogen-bond donors (Lipinski definition) is 2. The SMILES string of the molecule is NC1CC(NC(=O)c2cccc(Br)c2F)C1. The maximum atomic E-state index is 13.6. The van der Waals surface area contributed by atoms with E-state index in [-0.39, 0.29) is 23.6 Å². The molecule has 0 spiro atoms. The summed E-state index contributed by atoms with van der Waals surface area (Å²) in [7, 11) is 0. The van der Waals surface area contributed by atoms with Gasteiger partial charge >= 0.3 is 0 Å². The Morgan fingerprint density at radius 3 is 2.81 bits per heavy atom. The van der Waals surface area contributed by atoms with E-state index in [4.69, 9.17) is 5.73 Å². The zero-order chi connectivity index (χ0) is 11.7. The predicted octanol–water partition coefficient (Wildman–Crippen LogP) is 1.81. The number of carbonyl (C=O) groups is 1. The number of hydrogen-bond acceptors (Lipinski definition) is 2. The molecule has 0 radical (unpaired) electrons. The van der Waals surface area contributed by atoms with Crippen LogP contribution in [0.15, 0.2) is 22.7 Å². The van der Waals surface area contributed by atoms with Gasteiger partial charge in [0.25, 0.3) is 5.91 Å². The average molecular weight is 287 g/mol. The van der Waals surface area contributed by atoms with E-state index in [2.05, 4.69) is 21.2 Å². The Bertz CT molecular complexity index is 418. The number of amides is 1. The molecule has 3 nitrogen and oxygen atoms in total. The van der Waals surface area contributed by atoms with E-state index in [1.807, 2.05) is 0 Å². The summed E-state index contributed by atoms with van der Waals surface area (Å²) in [4.78, 5) is 11.7. The van der Waals surface area contributed by atoms with Gasteiger partial charge in [0.15, 0.2) is 0 Å². The summed E-state index contributed by atoms with van der Waals surface area (Å²) < 4.78 is 13.9. The smallest absolute Gasteiger partial charge is 0.254 e. The van der Waals surface area contributed by atoms with E-state index in [0.717, 1.165) is 12.8 Å². The van der Waals surface area contributed by atoms with Crippen LogP contribution in [0.5, 0.6) is 0 Å². The molecule has 0 aliphatic heterocycles. The van der Waals surface area contributed by atoms with Crippen LogP contribution in [0.2, 0.25) is 0 Å². The maximum Gasteiger partial charge on any atom is 0.254 e. The molecule has 0 atom stereocenters. The van der Waals surface area contributed by atoms with Gasteiger partial charge in [0, 0.05) is 12.1 Å². The van der Waals surface area contributed by atoms with Gasteiger partial charge in [-0.1, -0.05) is 6.07 Å². The van der Waals surface area contributed by atoms with Crippen LogP contribution in [0.25, 0.3) is 0 Å². The molecule has 5 heteroatoms. The first-order chi connectivity index (χ1) is 7.58. The highest BCUT2D eigenvalue weighted by molar-refractivity contribution is 9.10. The molecule has 1 aromatic carbocycles. The van der Waals surface area contributed by atoms with Gasteiger partial charge in [-0.05, 0) is 40.9 Å². The van der Waals surface area contributed by atoms with Gasteiger partial charge in [-0.3, -0.25) is 4.79 Å². The molecule has 0 bridgehead atoms. The van der Waals surface area contributed by atoms with Gasteiger partial charge in [-0.15, -0.1) is 0 Å². The first-order valence-corrected chi connectivity index (χ1v) is 5.87. The molecular weight excluding hydrogens is 275 g/mol. The lowest BCUT2D eigenvalue weighted by Crippen LogP contribution is -2.50. The van der Waals surface area contributed by atoms with Gasteiger partial charge in [0.05, 0.1) is 10.0 Å². The van der Waals surface area contributed by atoms with Crippen molar-refractivity contribution in [3.63, 3.8) is 0 Å². The lowest BCUT2D eigenvalue weighted by molar-refractivity contribution is 0.0906. The third-order valence-electron chi connectivity index (χ3n) is 2.71. The molecule has 1 aromatic rings. The Morgan fingerprint density at radius 2 is 2.19 bits per heavy atom. The zero-order valence-electron chi connectivity index (χ0n) is 8.54. The van der Waals surface area contributed by atoms with Crippen molar-refractivity contribution >= 4 is 21.8 Å². The Labute approximate surface area is 101 Å². The minimum Gasteiger partial charge on any atom is -0.349 e. The fourth-order valence-electron chi connectivity index (χ4n) is 1.72. The van der Waals surface area contributed by atoms with Gasteiger partial charge in [-0.25, -0.2) is 4.39 Å². The number of halogens is 2. The van der Waals surface area contributed by atoms with Gasteiger partial charge in [-0.2, -0.15) is 0 Å². The molecule has 1 saturated carbocycles. The van der Waals surface area contributed by atoms with Crippen LogP contribution in [-0.2, 0) is 0 Å². The van der Waals surface area contributed by atoms with Crippen molar-refractivity contribution in [2.45, 2.75) is 24.9 Å². The highest BCUT2D eigenvalue weighted by Crippen LogP contribution is 2.21. The minimum atomic E-state index is -0.524. The molecule has 1 aliphatic rings. The van der Waals surface area contributed by atoms with E-state index in [9.17, 15) is 9.18 Å². The van der Waals surface area contributed by atoms with Crippen LogP contribution >= 0.6 is 15.9 Å². The summed E-state index contributed by atoms with van der Waals surface area (Å²) in [6, 6.07) is 4.91. The second-order valence-electron chi connectivity index (χ2n) is 4.00. The predicted molar refractivity (Wildman–Crippen MR) is 62.6 cm³/mol. The van der Waals surface area contributed by atoms with Crippen molar-refractivity contribution < 1.29 is 9.18 Å². The second kappa shape index (κ2) is 4.51. The molecule has 86 valence electrons. The fourth-order valence-corrected chi connectivity index (χ4v) is 2.09. The summed E-state index contributed by atoms with van der Waals surface area (Å²) in [6.45, 7) is 0. The first-order valence-electron chi connectivity index (χ1n) is 5.08. The number of benzene rings is 1. The molecule has 16 heavy (non-hydrogen) atoms. The topological polar surface area (TPSA) is 55.1 Å². The van der Waals surface area contributed by atoms with Crippen molar-refractivity contribution in [3.05, 3.63) is 34.1 Å². The van der Waals surface area contributed by atoms with Crippen molar-refractivity contribution in [3.8, 4) is 0 Å².